The third-order valence-corrected chi connectivity index (χ3v) is 7.64. The van der Waals surface area contributed by atoms with Crippen LogP contribution < -0.4 is 0 Å². The van der Waals surface area contributed by atoms with Gasteiger partial charge in [0.25, 0.3) is 0 Å². The van der Waals surface area contributed by atoms with E-state index in [9.17, 15) is 0 Å². The summed E-state index contributed by atoms with van der Waals surface area (Å²) < 4.78 is 0. The first kappa shape index (κ1) is 15.2. The maximum absolute atomic E-state index is 2.84. The first-order valence-electron chi connectivity index (χ1n) is 9.89. The molecule has 0 amide bonds. The maximum Gasteiger partial charge on any atom is 0.0135 e. The highest BCUT2D eigenvalue weighted by molar-refractivity contribution is 5.43. The van der Waals surface area contributed by atoms with Crippen LogP contribution >= 0.6 is 0 Å². The maximum atomic E-state index is 2.84. The van der Waals surface area contributed by atoms with E-state index in [0.717, 1.165) is 41.7 Å². The van der Waals surface area contributed by atoms with E-state index in [1.807, 2.05) is 11.1 Å². The molecule has 1 heteroatoms. The molecule has 3 fully saturated rings. The van der Waals surface area contributed by atoms with E-state index in [1.165, 1.54) is 32.2 Å². The molecule has 3 aliphatic carbocycles. The van der Waals surface area contributed by atoms with Gasteiger partial charge < -0.3 is 0 Å². The van der Waals surface area contributed by atoms with Crippen molar-refractivity contribution in [1.29, 1.82) is 0 Å². The second-order valence-corrected chi connectivity index (χ2v) is 9.50. The molecule has 5 atom stereocenters. The van der Waals surface area contributed by atoms with Gasteiger partial charge in [0.1, 0.15) is 0 Å². The SMILES string of the molecule is CC(C)C1=C(C(C)C)C2(CCN(C(C)C)C3CCC32)C2CC12. The number of rotatable bonds is 3. The van der Waals surface area contributed by atoms with Crippen molar-refractivity contribution < 1.29 is 0 Å². The lowest BCUT2D eigenvalue weighted by Gasteiger charge is -2.61. The van der Waals surface area contributed by atoms with Crippen LogP contribution in [0.3, 0.4) is 0 Å². The topological polar surface area (TPSA) is 3.24 Å². The molecular weight excluding hydrogens is 266 g/mol. The molecule has 1 nitrogen and oxygen atoms in total. The van der Waals surface area contributed by atoms with Crippen molar-refractivity contribution in [3.63, 3.8) is 0 Å². The minimum Gasteiger partial charge on any atom is -0.298 e. The summed E-state index contributed by atoms with van der Waals surface area (Å²) in [6.07, 6.45) is 5.94. The summed E-state index contributed by atoms with van der Waals surface area (Å²) in [4.78, 5) is 2.84. The second kappa shape index (κ2) is 4.85. The quantitative estimate of drug-likeness (QED) is 0.654. The summed E-state index contributed by atoms with van der Waals surface area (Å²) in [6, 6.07) is 1.63. The predicted molar refractivity (Wildman–Crippen MR) is 93.7 cm³/mol. The minimum atomic E-state index is 0.618. The Balaban J connectivity index is 1.75. The van der Waals surface area contributed by atoms with E-state index in [0.29, 0.717) is 5.41 Å². The summed E-state index contributed by atoms with van der Waals surface area (Å²) >= 11 is 0. The largest absolute Gasteiger partial charge is 0.298 e. The van der Waals surface area contributed by atoms with Crippen molar-refractivity contribution in [2.45, 2.75) is 79.3 Å². The Kier molecular flexibility index (Phi) is 3.36. The van der Waals surface area contributed by atoms with Crippen molar-refractivity contribution in [1.82, 2.24) is 4.90 Å². The number of fused-ring (bicyclic) bond motifs is 4. The highest BCUT2D eigenvalue weighted by atomic mass is 15.2. The van der Waals surface area contributed by atoms with Gasteiger partial charge in [-0.1, -0.05) is 38.8 Å². The molecule has 0 radical (unpaired) electrons. The number of hydrogen-bond donors (Lipinski definition) is 0. The highest BCUT2D eigenvalue weighted by Gasteiger charge is 2.68. The van der Waals surface area contributed by atoms with E-state index < -0.39 is 0 Å². The van der Waals surface area contributed by atoms with Crippen molar-refractivity contribution in [3.05, 3.63) is 11.1 Å². The van der Waals surface area contributed by atoms with Gasteiger partial charge in [-0.15, -0.1) is 0 Å². The van der Waals surface area contributed by atoms with Crippen LogP contribution in [0.25, 0.3) is 0 Å². The fourth-order valence-corrected chi connectivity index (χ4v) is 6.97. The average Bonchev–Trinajstić information content (AvgIpc) is 3.11. The molecular formula is C21H35N. The van der Waals surface area contributed by atoms with Gasteiger partial charge in [0.05, 0.1) is 0 Å². The smallest absolute Gasteiger partial charge is 0.0135 e. The molecule has 22 heavy (non-hydrogen) atoms. The van der Waals surface area contributed by atoms with Crippen LogP contribution in [0.4, 0.5) is 0 Å². The lowest BCUT2D eigenvalue weighted by Crippen LogP contribution is -2.62. The Morgan fingerprint density at radius 2 is 1.68 bits per heavy atom. The van der Waals surface area contributed by atoms with Gasteiger partial charge >= 0.3 is 0 Å². The minimum absolute atomic E-state index is 0.618. The van der Waals surface area contributed by atoms with Gasteiger partial charge in [-0.3, -0.25) is 4.90 Å². The first-order valence-corrected chi connectivity index (χ1v) is 9.89. The molecule has 1 saturated heterocycles. The third-order valence-electron chi connectivity index (χ3n) is 7.64. The molecule has 5 unspecified atom stereocenters. The standard InChI is InChI=1S/C21H35N/c1-12(2)19-15-11-17(15)21(20(19)13(3)4)9-10-22(14(5)6)18-8-7-16(18)21/h12-18H,7-11H2,1-6H3. The Bertz CT molecular complexity index is 500. The molecule has 4 aliphatic rings. The van der Waals surface area contributed by atoms with Crippen molar-refractivity contribution >= 4 is 0 Å². The van der Waals surface area contributed by atoms with Crippen molar-refractivity contribution in [2.75, 3.05) is 6.54 Å². The Morgan fingerprint density at radius 3 is 2.18 bits per heavy atom. The van der Waals surface area contributed by atoms with E-state index in [4.69, 9.17) is 0 Å². The molecule has 0 N–H and O–H groups in total. The summed E-state index contributed by atoms with van der Waals surface area (Å²) in [5.74, 6) is 4.52. The van der Waals surface area contributed by atoms with Crippen molar-refractivity contribution in [2.24, 2.45) is 35.0 Å². The van der Waals surface area contributed by atoms with Crippen LogP contribution in [-0.2, 0) is 0 Å². The lowest BCUT2D eigenvalue weighted by molar-refractivity contribution is -0.0851. The molecule has 1 heterocycles. The molecule has 0 aromatic heterocycles. The zero-order chi connectivity index (χ0) is 15.8. The Morgan fingerprint density at radius 1 is 0.955 bits per heavy atom. The Labute approximate surface area is 137 Å². The molecule has 124 valence electrons. The van der Waals surface area contributed by atoms with Crippen LogP contribution in [0.1, 0.15) is 67.2 Å². The zero-order valence-corrected chi connectivity index (χ0v) is 15.5. The van der Waals surface area contributed by atoms with Gasteiger partial charge in [0.2, 0.25) is 0 Å². The second-order valence-electron chi connectivity index (χ2n) is 9.50. The van der Waals surface area contributed by atoms with E-state index in [2.05, 4.69) is 46.4 Å². The van der Waals surface area contributed by atoms with Gasteiger partial charge in [0, 0.05) is 17.5 Å². The van der Waals surface area contributed by atoms with E-state index >= 15 is 0 Å². The summed E-state index contributed by atoms with van der Waals surface area (Å²) in [6.45, 7) is 16.0. The average molecular weight is 302 g/mol. The predicted octanol–water partition coefficient (Wildman–Crippen LogP) is 5.12. The third kappa shape index (κ3) is 1.75. The normalized spacial score (nSPS) is 44.0. The molecule has 2 saturated carbocycles. The van der Waals surface area contributed by atoms with Gasteiger partial charge in [-0.05, 0) is 75.7 Å². The summed E-state index contributed by atoms with van der Waals surface area (Å²) in [7, 11) is 0. The number of likely N-dealkylation sites (tertiary alicyclic amines) is 1. The number of hydrogen-bond acceptors (Lipinski definition) is 1. The van der Waals surface area contributed by atoms with Crippen LogP contribution in [0.15, 0.2) is 11.1 Å². The van der Waals surface area contributed by atoms with Gasteiger partial charge in [-0.25, -0.2) is 0 Å². The number of piperidine rings is 1. The molecule has 0 bridgehead atoms. The molecule has 1 spiro atoms. The van der Waals surface area contributed by atoms with E-state index in [1.54, 1.807) is 0 Å². The van der Waals surface area contributed by atoms with Gasteiger partial charge in [-0.2, -0.15) is 0 Å². The molecule has 0 aromatic carbocycles. The summed E-state index contributed by atoms with van der Waals surface area (Å²) in [5, 5.41) is 0. The molecule has 0 aromatic rings. The number of allylic oxidation sites excluding steroid dienone is 2. The first-order chi connectivity index (χ1) is 10.4. The van der Waals surface area contributed by atoms with Gasteiger partial charge in [0.15, 0.2) is 0 Å². The molecule has 4 rings (SSSR count). The Hall–Kier alpha value is -0.300. The highest BCUT2D eigenvalue weighted by Crippen LogP contribution is 2.74. The van der Waals surface area contributed by atoms with Crippen molar-refractivity contribution in [3.8, 4) is 0 Å². The number of nitrogens with zero attached hydrogens (tertiary/aromatic N) is 1. The fraction of sp³-hybridized carbons (Fsp3) is 0.905. The monoisotopic (exact) mass is 301 g/mol. The van der Waals surface area contributed by atoms with Crippen LogP contribution in [0, 0.1) is 35.0 Å². The van der Waals surface area contributed by atoms with E-state index in [-0.39, 0.29) is 0 Å². The summed E-state index contributed by atoms with van der Waals surface area (Å²) in [5.41, 5.74) is 4.47. The lowest BCUT2D eigenvalue weighted by atomic mass is 9.52. The fourth-order valence-electron chi connectivity index (χ4n) is 6.97. The van der Waals surface area contributed by atoms with Crippen LogP contribution in [0.5, 0.6) is 0 Å². The molecule has 1 aliphatic heterocycles. The zero-order valence-electron chi connectivity index (χ0n) is 15.5. The van der Waals surface area contributed by atoms with Crippen LogP contribution in [0.2, 0.25) is 0 Å². The van der Waals surface area contributed by atoms with Crippen LogP contribution in [-0.4, -0.2) is 23.5 Å².